The Morgan fingerprint density at radius 2 is 2.22 bits per heavy atom. The normalized spacial score (nSPS) is 10.4. The number of amides is 1. The molecule has 0 radical (unpaired) electrons. The molecule has 2 nitrogen and oxygen atoms in total. The maximum Gasteiger partial charge on any atom is 0.256 e. The zero-order valence-electron chi connectivity index (χ0n) is 9.69. The van der Waals surface area contributed by atoms with Crippen molar-refractivity contribution in [2.75, 3.05) is 7.05 Å². The van der Waals surface area contributed by atoms with Crippen LogP contribution >= 0.6 is 22.9 Å². The summed E-state index contributed by atoms with van der Waals surface area (Å²) < 4.78 is 13.6. The molecule has 94 valence electrons. The van der Waals surface area contributed by atoms with E-state index in [4.69, 9.17) is 11.6 Å². The Bertz CT molecular complexity index is 556. The van der Waals surface area contributed by atoms with Crippen LogP contribution in [0.25, 0.3) is 0 Å². The van der Waals surface area contributed by atoms with Crippen LogP contribution in [-0.2, 0) is 6.54 Å². The van der Waals surface area contributed by atoms with Gasteiger partial charge < -0.3 is 4.90 Å². The molecule has 0 saturated carbocycles. The highest BCUT2D eigenvalue weighted by Crippen LogP contribution is 2.17. The molecule has 5 heteroatoms. The third-order valence-electron chi connectivity index (χ3n) is 2.51. The Morgan fingerprint density at radius 3 is 2.89 bits per heavy atom. The number of thiophene rings is 1. The highest BCUT2D eigenvalue weighted by Gasteiger charge is 2.16. The van der Waals surface area contributed by atoms with E-state index in [0.717, 1.165) is 5.56 Å². The first-order chi connectivity index (χ1) is 8.58. The standard InChI is InChI=1S/C13H11ClFNOS/c1-16(7-9-4-5-18-8-9)13(17)11-6-10(14)2-3-12(11)15/h2-6,8H,7H2,1H3. The van der Waals surface area contributed by atoms with Crippen LogP contribution in [0.4, 0.5) is 4.39 Å². The van der Waals surface area contributed by atoms with Crippen LogP contribution in [0.2, 0.25) is 5.02 Å². The lowest BCUT2D eigenvalue weighted by Gasteiger charge is -2.17. The molecular weight excluding hydrogens is 273 g/mol. The first-order valence-electron chi connectivity index (χ1n) is 5.29. The van der Waals surface area contributed by atoms with Crippen molar-refractivity contribution >= 4 is 28.8 Å². The Kier molecular flexibility index (Phi) is 3.99. The van der Waals surface area contributed by atoms with Gasteiger partial charge in [0.05, 0.1) is 5.56 Å². The minimum Gasteiger partial charge on any atom is -0.337 e. The summed E-state index contributed by atoms with van der Waals surface area (Å²) in [5.41, 5.74) is 1.03. The van der Waals surface area contributed by atoms with Crippen LogP contribution in [-0.4, -0.2) is 17.9 Å². The molecule has 0 atom stereocenters. The quantitative estimate of drug-likeness (QED) is 0.839. The molecule has 0 aliphatic heterocycles. The largest absolute Gasteiger partial charge is 0.337 e. The predicted molar refractivity (Wildman–Crippen MR) is 71.5 cm³/mol. The second-order valence-corrected chi connectivity index (χ2v) is 5.13. The number of carbonyl (C=O) groups is 1. The van der Waals surface area contributed by atoms with E-state index < -0.39 is 5.82 Å². The lowest BCUT2D eigenvalue weighted by molar-refractivity contribution is 0.0780. The molecule has 0 fully saturated rings. The molecule has 0 unspecified atom stereocenters. The first kappa shape index (κ1) is 13.1. The topological polar surface area (TPSA) is 20.3 Å². The molecule has 0 bridgehead atoms. The molecule has 1 heterocycles. The zero-order chi connectivity index (χ0) is 13.1. The lowest BCUT2D eigenvalue weighted by Crippen LogP contribution is -2.26. The highest BCUT2D eigenvalue weighted by atomic mass is 35.5. The average molecular weight is 284 g/mol. The summed E-state index contributed by atoms with van der Waals surface area (Å²) in [4.78, 5) is 13.5. The fourth-order valence-corrected chi connectivity index (χ4v) is 2.43. The number of nitrogens with zero attached hydrogens (tertiary/aromatic N) is 1. The van der Waals surface area contributed by atoms with Gasteiger partial charge in [-0.15, -0.1) is 0 Å². The van der Waals surface area contributed by atoms with Crippen molar-refractivity contribution in [3.8, 4) is 0 Å². The van der Waals surface area contributed by atoms with Gasteiger partial charge in [-0.2, -0.15) is 11.3 Å². The first-order valence-corrected chi connectivity index (χ1v) is 6.61. The number of halogens is 2. The van der Waals surface area contributed by atoms with E-state index in [0.29, 0.717) is 11.6 Å². The molecule has 0 spiro atoms. The Labute approximate surface area is 114 Å². The fourth-order valence-electron chi connectivity index (χ4n) is 1.60. The van der Waals surface area contributed by atoms with Gasteiger partial charge in [-0.3, -0.25) is 4.79 Å². The molecule has 0 aliphatic rings. The Balaban J connectivity index is 2.17. The van der Waals surface area contributed by atoms with Crippen LogP contribution in [0.5, 0.6) is 0 Å². The van der Waals surface area contributed by atoms with Gasteiger partial charge in [0.25, 0.3) is 5.91 Å². The fraction of sp³-hybridized carbons (Fsp3) is 0.154. The molecule has 0 saturated heterocycles. The second-order valence-electron chi connectivity index (χ2n) is 3.92. The summed E-state index contributed by atoms with van der Waals surface area (Å²) in [6.07, 6.45) is 0. The van der Waals surface area contributed by atoms with Crippen molar-refractivity contribution in [2.45, 2.75) is 6.54 Å². The number of carbonyl (C=O) groups excluding carboxylic acids is 1. The van der Waals surface area contributed by atoms with E-state index in [-0.39, 0.29) is 11.5 Å². The smallest absolute Gasteiger partial charge is 0.256 e. The van der Waals surface area contributed by atoms with E-state index in [9.17, 15) is 9.18 Å². The molecular formula is C13H11ClFNOS. The minimum atomic E-state index is -0.554. The van der Waals surface area contributed by atoms with Crippen molar-refractivity contribution in [1.82, 2.24) is 4.90 Å². The number of rotatable bonds is 3. The van der Waals surface area contributed by atoms with Crippen LogP contribution in [0.1, 0.15) is 15.9 Å². The third-order valence-corrected chi connectivity index (χ3v) is 3.47. The van der Waals surface area contributed by atoms with E-state index in [1.54, 1.807) is 18.4 Å². The highest BCUT2D eigenvalue weighted by molar-refractivity contribution is 7.07. The van der Waals surface area contributed by atoms with Gasteiger partial charge in [0, 0.05) is 18.6 Å². The van der Waals surface area contributed by atoms with Gasteiger partial charge in [0.2, 0.25) is 0 Å². The van der Waals surface area contributed by atoms with E-state index in [2.05, 4.69) is 0 Å². The monoisotopic (exact) mass is 283 g/mol. The van der Waals surface area contributed by atoms with E-state index in [1.807, 2.05) is 16.8 Å². The maximum absolute atomic E-state index is 13.6. The van der Waals surface area contributed by atoms with Gasteiger partial charge in [-0.05, 0) is 40.6 Å². The van der Waals surface area contributed by atoms with Crippen LogP contribution in [0, 0.1) is 5.82 Å². The van der Waals surface area contributed by atoms with Crippen molar-refractivity contribution in [3.05, 3.63) is 57.0 Å². The van der Waals surface area contributed by atoms with Gasteiger partial charge >= 0.3 is 0 Å². The van der Waals surface area contributed by atoms with Crippen molar-refractivity contribution in [3.63, 3.8) is 0 Å². The minimum absolute atomic E-state index is 0.000213. The molecule has 1 aromatic carbocycles. The summed E-state index contributed by atoms with van der Waals surface area (Å²) in [7, 11) is 1.64. The summed E-state index contributed by atoms with van der Waals surface area (Å²) in [5.74, 6) is -0.928. The predicted octanol–water partition coefficient (Wildman–Crippen LogP) is 3.81. The van der Waals surface area contributed by atoms with Crippen LogP contribution in [0.15, 0.2) is 35.0 Å². The molecule has 0 aliphatic carbocycles. The average Bonchev–Trinajstić information content (AvgIpc) is 2.84. The molecule has 1 aromatic heterocycles. The number of benzene rings is 1. The summed E-state index contributed by atoms with van der Waals surface area (Å²) in [6, 6.07) is 5.91. The van der Waals surface area contributed by atoms with Crippen molar-refractivity contribution < 1.29 is 9.18 Å². The van der Waals surface area contributed by atoms with Gasteiger partial charge in [-0.1, -0.05) is 11.6 Å². The Morgan fingerprint density at radius 1 is 1.44 bits per heavy atom. The molecule has 2 rings (SSSR count). The van der Waals surface area contributed by atoms with Gasteiger partial charge in [0.15, 0.2) is 0 Å². The molecule has 1 amide bonds. The van der Waals surface area contributed by atoms with Crippen molar-refractivity contribution in [1.29, 1.82) is 0 Å². The summed E-state index contributed by atoms with van der Waals surface area (Å²) >= 11 is 7.33. The van der Waals surface area contributed by atoms with Gasteiger partial charge in [-0.25, -0.2) is 4.39 Å². The van der Waals surface area contributed by atoms with Crippen LogP contribution < -0.4 is 0 Å². The summed E-state index contributed by atoms with van der Waals surface area (Å²) in [6.45, 7) is 0.453. The lowest BCUT2D eigenvalue weighted by atomic mass is 10.2. The van der Waals surface area contributed by atoms with E-state index in [1.165, 1.54) is 23.1 Å². The number of hydrogen-bond donors (Lipinski definition) is 0. The molecule has 0 N–H and O–H groups in total. The Hall–Kier alpha value is -1.39. The summed E-state index contributed by atoms with van der Waals surface area (Å²) in [5, 5.41) is 4.25. The zero-order valence-corrected chi connectivity index (χ0v) is 11.3. The van der Waals surface area contributed by atoms with Crippen LogP contribution in [0.3, 0.4) is 0 Å². The third kappa shape index (κ3) is 2.89. The van der Waals surface area contributed by atoms with Gasteiger partial charge in [0.1, 0.15) is 5.82 Å². The van der Waals surface area contributed by atoms with E-state index >= 15 is 0 Å². The second kappa shape index (κ2) is 5.50. The van der Waals surface area contributed by atoms with Crippen molar-refractivity contribution in [2.24, 2.45) is 0 Å². The molecule has 2 aromatic rings. The molecule has 18 heavy (non-hydrogen) atoms. The number of hydrogen-bond acceptors (Lipinski definition) is 2. The SMILES string of the molecule is CN(Cc1ccsc1)C(=O)c1cc(Cl)ccc1F. The maximum atomic E-state index is 13.6.